The Hall–Kier alpha value is -0.980. The fourth-order valence-corrected chi connectivity index (χ4v) is 0.661. The molecule has 14 heavy (non-hydrogen) atoms. The van der Waals surface area contributed by atoms with Crippen molar-refractivity contribution >= 4 is 6.03 Å². The van der Waals surface area contributed by atoms with Gasteiger partial charge in [0, 0.05) is 19.7 Å². The first-order valence-corrected chi connectivity index (χ1v) is 4.15. The van der Waals surface area contributed by atoms with E-state index in [-0.39, 0.29) is 13.2 Å². The highest BCUT2D eigenvalue weighted by atomic mass is 19.4. The molecule has 0 aromatic heterocycles. The van der Waals surface area contributed by atoms with Gasteiger partial charge in [0.05, 0.1) is 6.42 Å². The summed E-state index contributed by atoms with van der Waals surface area (Å²) in [6.07, 6.45) is -4.91. The Morgan fingerprint density at radius 2 is 1.79 bits per heavy atom. The Morgan fingerprint density at radius 1 is 1.21 bits per heavy atom. The van der Waals surface area contributed by atoms with Crippen LogP contribution in [0, 0.1) is 0 Å². The molecule has 0 saturated carbocycles. The molecule has 0 aliphatic rings. The van der Waals surface area contributed by atoms with Crippen molar-refractivity contribution in [2.45, 2.75) is 19.0 Å². The summed E-state index contributed by atoms with van der Waals surface area (Å²) < 4.78 is 34.8. The predicted molar refractivity (Wildman–Crippen MR) is 43.8 cm³/mol. The number of rotatable bonds is 5. The molecule has 0 rings (SSSR count). The minimum absolute atomic E-state index is 0.0666. The highest BCUT2D eigenvalue weighted by Crippen LogP contribution is 2.17. The molecule has 84 valence electrons. The van der Waals surface area contributed by atoms with Crippen molar-refractivity contribution in [3.63, 3.8) is 0 Å². The quantitative estimate of drug-likeness (QED) is 0.587. The van der Waals surface area contributed by atoms with Crippen LogP contribution in [0.25, 0.3) is 0 Å². The molecular weight excluding hydrogens is 201 g/mol. The van der Waals surface area contributed by atoms with Crippen LogP contribution in [-0.4, -0.2) is 37.0 Å². The Labute approximate surface area is 79.5 Å². The Bertz CT molecular complexity index is 173. The van der Waals surface area contributed by atoms with E-state index in [0.717, 1.165) is 0 Å². The Morgan fingerprint density at radius 3 is 2.29 bits per heavy atom. The van der Waals surface area contributed by atoms with Gasteiger partial charge in [-0.3, -0.25) is 0 Å². The maximum atomic E-state index is 11.6. The fourth-order valence-electron chi connectivity index (χ4n) is 0.661. The third-order valence-electron chi connectivity index (χ3n) is 1.31. The van der Waals surface area contributed by atoms with Crippen LogP contribution in [0.15, 0.2) is 0 Å². The first kappa shape index (κ1) is 13.0. The average molecular weight is 214 g/mol. The van der Waals surface area contributed by atoms with Crippen molar-refractivity contribution in [3.05, 3.63) is 0 Å². The lowest BCUT2D eigenvalue weighted by Crippen LogP contribution is -2.37. The van der Waals surface area contributed by atoms with Crippen molar-refractivity contribution in [1.82, 2.24) is 10.6 Å². The van der Waals surface area contributed by atoms with Crippen LogP contribution >= 0.6 is 0 Å². The smallest absolute Gasteiger partial charge is 0.390 e. The van der Waals surface area contributed by atoms with Crippen LogP contribution in [0.3, 0.4) is 0 Å². The number of halogens is 3. The van der Waals surface area contributed by atoms with Gasteiger partial charge in [0.2, 0.25) is 0 Å². The van der Waals surface area contributed by atoms with E-state index in [9.17, 15) is 18.0 Å². The third kappa shape index (κ3) is 9.11. The van der Waals surface area contributed by atoms with E-state index in [1.807, 2.05) is 5.32 Å². The summed E-state index contributed by atoms with van der Waals surface area (Å²) in [4.78, 5) is 10.7. The van der Waals surface area contributed by atoms with Gasteiger partial charge >= 0.3 is 12.2 Å². The van der Waals surface area contributed by atoms with Crippen LogP contribution in [-0.2, 0) is 0 Å². The zero-order valence-electron chi connectivity index (χ0n) is 7.52. The van der Waals surface area contributed by atoms with Crippen molar-refractivity contribution in [1.29, 1.82) is 0 Å². The van der Waals surface area contributed by atoms with Crippen molar-refractivity contribution in [3.8, 4) is 0 Å². The van der Waals surface area contributed by atoms with Gasteiger partial charge in [-0.1, -0.05) is 0 Å². The van der Waals surface area contributed by atoms with Gasteiger partial charge < -0.3 is 15.7 Å². The molecule has 2 amide bonds. The number of alkyl halides is 3. The van der Waals surface area contributed by atoms with Crippen molar-refractivity contribution in [2.75, 3.05) is 19.7 Å². The van der Waals surface area contributed by atoms with Crippen LogP contribution in [0.5, 0.6) is 0 Å². The summed E-state index contributed by atoms with van der Waals surface area (Å²) in [7, 11) is 0. The largest absolute Gasteiger partial charge is 0.396 e. The van der Waals surface area contributed by atoms with E-state index in [1.54, 1.807) is 0 Å². The monoisotopic (exact) mass is 214 g/mol. The lowest BCUT2D eigenvalue weighted by molar-refractivity contribution is -0.132. The van der Waals surface area contributed by atoms with Gasteiger partial charge in [0.25, 0.3) is 0 Å². The summed E-state index contributed by atoms with van der Waals surface area (Å²) in [6.45, 7) is -0.258. The van der Waals surface area contributed by atoms with E-state index >= 15 is 0 Å². The molecule has 0 spiro atoms. The molecule has 0 saturated heterocycles. The molecule has 0 aromatic carbocycles. The minimum Gasteiger partial charge on any atom is -0.396 e. The van der Waals surface area contributed by atoms with Crippen molar-refractivity contribution < 1.29 is 23.1 Å². The number of hydrogen-bond acceptors (Lipinski definition) is 2. The van der Waals surface area contributed by atoms with Crippen LogP contribution < -0.4 is 10.6 Å². The van der Waals surface area contributed by atoms with E-state index in [0.29, 0.717) is 6.42 Å². The number of nitrogens with one attached hydrogen (secondary N) is 2. The number of amides is 2. The van der Waals surface area contributed by atoms with E-state index in [4.69, 9.17) is 5.11 Å². The van der Waals surface area contributed by atoms with Gasteiger partial charge in [0.1, 0.15) is 0 Å². The highest BCUT2D eigenvalue weighted by Gasteiger charge is 2.26. The molecule has 0 aromatic rings. The second-order valence-electron chi connectivity index (χ2n) is 2.63. The maximum absolute atomic E-state index is 11.6. The highest BCUT2D eigenvalue weighted by molar-refractivity contribution is 5.73. The third-order valence-corrected chi connectivity index (χ3v) is 1.31. The van der Waals surface area contributed by atoms with Crippen LogP contribution in [0.4, 0.5) is 18.0 Å². The molecule has 0 aliphatic heterocycles. The second-order valence-corrected chi connectivity index (χ2v) is 2.63. The van der Waals surface area contributed by atoms with E-state index < -0.39 is 25.2 Å². The molecule has 0 aliphatic carbocycles. The molecule has 0 atom stereocenters. The molecular formula is C7H13F3N2O2. The zero-order valence-corrected chi connectivity index (χ0v) is 7.52. The maximum Gasteiger partial charge on any atom is 0.390 e. The Kier molecular flexibility index (Phi) is 6.02. The lowest BCUT2D eigenvalue weighted by atomic mass is 10.4. The first-order chi connectivity index (χ1) is 6.45. The number of urea groups is 1. The molecule has 0 radical (unpaired) electrons. The summed E-state index contributed by atoms with van der Waals surface area (Å²) in [5.74, 6) is 0. The van der Waals surface area contributed by atoms with Crippen LogP contribution in [0.1, 0.15) is 12.8 Å². The topological polar surface area (TPSA) is 61.4 Å². The SMILES string of the molecule is O=C(NCCCO)NCCC(F)(F)F. The zero-order chi connectivity index (χ0) is 11.0. The van der Waals surface area contributed by atoms with Gasteiger partial charge in [-0.15, -0.1) is 0 Å². The summed E-state index contributed by atoms with van der Waals surface area (Å²) in [5, 5.41) is 12.7. The molecule has 0 fully saturated rings. The summed E-state index contributed by atoms with van der Waals surface area (Å²) in [6, 6.07) is -0.650. The summed E-state index contributed by atoms with van der Waals surface area (Å²) in [5.41, 5.74) is 0. The standard InChI is InChI=1S/C7H13F3N2O2/c8-7(9,10)2-4-12-6(14)11-3-1-5-13/h13H,1-5H2,(H2,11,12,14). The molecule has 0 heterocycles. The van der Waals surface area contributed by atoms with Crippen molar-refractivity contribution in [2.24, 2.45) is 0 Å². The molecule has 3 N–H and O–H groups in total. The lowest BCUT2D eigenvalue weighted by Gasteiger charge is -2.08. The number of carbonyl (C=O) groups excluding carboxylic acids is 1. The van der Waals surface area contributed by atoms with Gasteiger partial charge in [-0.2, -0.15) is 13.2 Å². The van der Waals surface area contributed by atoms with E-state index in [2.05, 4.69) is 5.32 Å². The number of aliphatic hydroxyl groups excluding tert-OH is 1. The number of aliphatic hydroxyl groups is 1. The molecule has 0 bridgehead atoms. The van der Waals surface area contributed by atoms with Gasteiger partial charge in [-0.25, -0.2) is 4.79 Å². The normalized spacial score (nSPS) is 11.1. The minimum atomic E-state index is -4.25. The second kappa shape index (κ2) is 6.47. The Balaban J connectivity index is 3.36. The number of hydrogen-bond donors (Lipinski definition) is 3. The molecule has 7 heteroatoms. The summed E-state index contributed by atoms with van der Waals surface area (Å²) >= 11 is 0. The van der Waals surface area contributed by atoms with Gasteiger partial charge in [0.15, 0.2) is 0 Å². The van der Waals surface area contributed by atoms with Crippen LogP contribution in [0.2, 0.25) is 0 Å². The van der Waals surface area contributed by atoms with Gasteiger partial charge in [-0.05, 0) is 6.42 Å². The fraction of sp³-hybridized carbons (Fsp3) is 0.857. The molecule has 4 nitrogen and oxygen atoms in total. The van der Waals surface area contributed by atoms with E-state index in [1.165, 1.54) is 0 Å². The number of carbonyl (C=O) groups is 1. The molecule has 0 unspecified atom stereocenters. The predicted octanol–water partition coefficient (Wildman–Crippen LogP) is 0.620. The first-order valence-electron chi connectivity index (χ1n) is 4.15. The average Bonchev–Trinajstić information content (AvgIpc) is 2.02.